The maximum Gasteiger partial charge on any atom is 0.306 e. The molecule has 1 heterocycles. The van der Waals surface area contributed by atoms with Crippen LogP contribution in [0.4, 0.5) is 0 Å². The molecule has 3 rings (SSSR count). The predicted molar refractivity (Wildman–Crippen MR) is 117 cm³/mol. The number of fused-ring (bicyclic) bond motifs is 1. The second-order valence-electron chi connectivity index (χ2n) is 7.32. The molecule has 0 radical (unpaired) electrons. The fraction of sp³-hybridized carbons (Fsp3) is 0.280. The van der Waals surface area contributed by atoms with Crippen molar-refractivity contribution in [3.8, 4) is 11.8 Å². The van der Waals surface area contributed by atoms with Gasteiger partial charge < -0.3 is 9.84 Å². The Hall–Kier alpha value is -3.72. The largest absolute Gasteiger partial charge is 0.504 e. The van der Waals surface area contributed by atoms with Crippen molar-refractivity contribution in [3.05, 3.63) is 70.4 Å². The molecule has 31 heavy (non-hydrogen) atoms. The van der Waals surface area contributed by atoms with Crippen LogP contribution in [0.3, 0.4) is 0 Å². The van der Waals surface area contributed by atoms with Crippen LogP contribution in [0.15, 0.2) is 42.5 Å². The fourth-order valence-electron chi connectivity index (χ4n) is 3.45. The normalized spacial score (nSPS) is 10.6. The Kier molecular flexibility index (Phi) is 6.99. The number of carbonyl (C=O) groups excluding carboxylic acids is 2. The second-order valence-corrected chi connectivity index (χ2v) is 7.32. The number of rotatable bonds is 8. The molecular formula is C25H24N2O4. The predicted octanol–water partition coefficient (Wildman–Crippen LogP) is 4.43. The number of pyridine rings is 1. The van der Waals surface area contributed by atoms with Gasteiger partial charge in [-0.25, -0.2) is 4.98 Å². The van der Waals surface area contributed by atoms with E-state index in [9.17, 15) is 20.0 Å². The van der Waals surface area contributed by atoms with Gasteiger partial charge in [0, 0.05) is 11.8 Å². The molecule has 0 unspecified atom stereocenters. The van der Waals surface area contributed by atoms with Gasteiger partial charge >= 0.3 is 5.97 Å². The highest BCUT2D eigenvalue weighted by atomic mass is 16.5. The minimum Gasteiger partial charge on any atom is -0.504 e. The zero-order valence-electron chi connectivity index (χ0n) is 17.6. The third-order valence-electron chi connectivity index (χ3n) is 5.11. The number of nitriles is 1. The Bertz CT molecular complexity index is 1160. The lowest BCUT2D eigenvalue weighted by atomic mass is 9.97. The molecule has 0 fully saturated rings. The number of hydrogen-bond acceptors (Lipinski definition) is 6. The van der Waals surface area contributed by atoms with Crippen LogP contribution in [0.5, 0.6) is 5.75 Å². The van der Waals surface area contributed by atoms with Gasteiger partial charge in [0.15, 0.2) is 11.5 Å². The van der Waals surface area contributed by atoms with Gasteiger partial charge in [-0.3, -0.25) is 9.59 Å². The van der Waals surface area contributed by atoms with Crippen molar-refractivity contribution in [2.75, 3.05) is 6.61 Å². The molecule has 0 atom stereocenters. The Balaban J connectivity index is 1.95. The number of aryl methyl sites for hydroxylation is 3. The first kappa shape index (κ1) is 22.0. The number of esters is 1. The monoisotopic (exact) mass is 416 g/mol. The zero-order valence-corrected chi connectivity index (χ0v) is 17.6. The minimum absolute atomic E-state index is 0.0154. The van der Waals surface area contributed by atoms with E-state index in [1.165, 1.54) is 11.1 Å². The highest BCUT2D eigenvalue weighted by Crippen LogP contribution is 2.31. The van der Waals surface area contributed by atoms with Gasteiger partial charge in [-0.15, -0.1) is 0 Å². The van der Waals surface area contributed by atoms with E-state index < -0.39 is 17.5 Å². The van der Waals surface area contributed by atoms with Gasteiger partial charge in [0.1, 0.15) is 17.3 Å². The van der Waals surface area contributed by atoms with Crippen LogP contribution >= 0.6 is 0 Å². The molecule has 0 aliphatic rings. The Labute approximate surface area is 181 Å². The van der Waals surface area contributed by atoms with Crippen molar-refractivity contribution >= 4 is 22.7 Å². The number of benzene rings is 2. The summed E-state index contributed by atoms with van der Waals surface area (Å²) in [5.41, 5.74) is 3.60. The standard InChI is InChI=1S/C25H24N2O4/c1-3-31-22(29)14-13-21(28)24-25(30)20(15-26)19-6-4-5-18(23(19)27-24)12-11-17-9-7-16(2)8-10-17/h4-10,30H,3,11-14H2,1-2H3. The lowest BCUT2D eigenvalue weighted by Gasteiger charge is -2.12. The number of para-hydroxylation sites is 1. The molecule has 1 N–H and O–H groups in total. The van der Waals surface area contributed by atoms with Crippen molar-refractivity contribution in [1.29, 1.82) is 5.26 Å². The SMILES string of the molecule is CCOC(=O)CCC(=O)c1nc2c(CCc3ccc(C)cc3)cccc2c(C#N)c1O. The maximum atomic E-state index is 12.7. The van der Waals surface area contributed by atoms with E-state index in [4.69, 9.17) is 4.74 Å². The van der Waals surface area contributed by atoms with Crippen LogP contribution in [0, 0.1) is 18.3 Å². The third kappa shape index (κ3) is 5.07. The van der Waals surface area contributed by atoms with E-state index in [2.05, 4.69) is 29.2 Å². The van der Waals surface area contributed by atoms with E-state index in [-0.39, 0.29) is 30.7 Å². The van der Waals surface area contributed by atoms with Crippen molar-refractivity contribution in [2.45, 2.75) is 39.5 Å². The molecule has 1 aromatic heterocycles. The molecule has 158 valence electrons. The third-order valence-corrected chi connectivity index (χ3v) is 5.11. The van der Waals surface area contributed by atoms with Gasteiger partial charge in [-0.05, 0) is 37.8 Å². The van der Waals surface area contributed by atoms with E-state index in [1.807, 2.05) is 25.1 Å². The number of aromatic hydroxyl groups is 1. The summed E-state index contributed by atoms with van der Waals surface area (Å²) in [6.45, 7) is 3.96. The van der Waals surface area contributed by atoms with Crippen molar-refractivity contribution < 1.29 is 19.4 Å². The molecule has 0 amide bonds. The van der Waals surface area contributed by atoms with Crippen LogP contribution in [0.1, 0.15) is 52.5 Å². The van der Waals surface area contributed by atoms with Crippen LogP contribution in [-0.2, 0) is 22.4 Å². The van der Waals surface area contributed by atoms with Gasteiger partial charge in [0.2, 0.25) is 0 Å². The van der Waals surface area contributed by atoms with Gasteiger partial charge in [-0.2, -0.15) is 5.26 Å². The highest BCUT2D eigenvalue weighted by molar-refractivity contribution is 6.02. The smallest absolute Gasteiger partial charge is 0.306 e. The van der Waals surface area contributed by atoms with Crippen molar-refractivity contribution in [1.82, 2.24) is 4.98 Å². The van der Waals surface area contributed by atoms with E-state index in [0.29, 0.717) is 17.3 Å². The van der Waals surface area contributed by atoms with Crippen LogP contribution in [0.25, 0.3) is 10.9 Å². The molecule has 0 aliphatic carbocycles. The average Bonchev–Trinajstić information content (AvgIpc) is 2.77. The summed E-state index contributed by atoms with van der Waals surface area (Å²) in [6.07, 6.45) is 1.18. The van der Waals surface area contributed by atoms with Crippen LogP contribution in [-0.4, -0.2) is 28.4 Å². The summed E-state index contributed by atoms with van der Waals surface area (Å²) in [6, 6.07) is 15.7. The fourth-order valence-corrected chi connectivity index (χ4v) is 3.45. The summed E-state index contributed by atoms with van der Waals surface area (Å²) in [7, 11) is 0. The Morgan fingerprint density at radius 1 is 1.10 bits per heavy atom. The number of carbonyl (C=O) groups is 2. The Morgan fingerprint density at radius 2 is 1.84 bits per heavy atom. The molecular weight excluding hydrogens is 392 g/mol. The molecule has 0 aliphatic heterocycles. The van der Waals surface area contributed by atoms with Crippen molar-refractivity contribution in [3.63, 3.8) is 0 Å². The van der Waals surface area contributed by atoms with Gasteiger partial charge in [0.25, 0.3) is 0 Å². The van der Waals surface area contributed by atoms with E-state index in [0.717, 1.165) is 12.0 Å². The minimum atomic E-state index is -0.503. The number of nitrogens with zero attached hydrogens (tertiary/aromatic N) is 2. The van der Waals surface area contributed by atoms with E-state index in [1.54, 1.807) is 13.0 Å². The van der Waals surface area contributed by atoms with Gasteiger partial charge in [-0.1, -0.05) is 48.0 Å². The number of ether oxygens (including phenoxy) is 1. The molecule has 0 saturated heterocycles. The molecule has 6 nitrogen and oxygen atoms in total. The lowest BCUT2D eigenvalue weighted by molar-refractivity contribution is -0.143. The molecule has 0 bridgehead atoms. The average molecular weight is 416 g/mol. The van der Waals surface area contributed by atoms with Crippen LogP contribution in [0.2, 0.25) is 0 Å². The molecule has 2 aromatic carbocycles. The summed E-state index contributed by atoms with van der Waals surface area (Å²) < 4.78 is 4.85. The zero-order chi connectivity index (χ0) is 22.4. The quantitative estimate of drug-likeness (QED) is 0.431. The maximum absolute atomic E-state index is 12.7. The van der Waals surface area contributed by atoms with Crippen molar-refractivity contribution in [2.24, 2.45) is 0 Å². The topological polar surface area (TPSA) is 100 Å². The number of aromatic nitrogens is 1. The lowest BCUT2D eigenvalue weighted by Crippen LogP contribution is -2.10. The van der Waals surface area contributed by atoms with Crippen LogP contribution < -0.4 is 0 Å². The van der Waals surface area contributed by atoms with E-state index >= 15 is 0 Å². The number of hydrogen-bond donors (Lipinski definition) is 1. The molecule has 3 aromatic rings. The summed E-state index contributed by atoms with van der Waals surface area (Å²) in [5.74, 6) is -1.44. The first-order valence-corrected chi connectivity index (χ1v) is 10.2. The summed E-state index contributed by atoms with van der Waals surface area (Å²) in [4.78, 5) is 28.7. The number of ketones is 1. The van der Waals surface area contributed by atoms with Gasteiger partial charge in [0.05, 0.1) is 18.5 Å². The molecule has 0 spiro atoms. The second kappa shape index (κ2) is 9.86. The number of Topliss-reactive ketones (excluding diaryl/α,β-unsaturated/α-hetero) is 1. The summed E-state index contributed by atoms with van der Waals surface area (Å²) in [5, 5.41) is 20.6. The highest BCUT2D eigenvalue weighted by Gasteiger charge is 2.22. The summed E-state index contributed by atoms with van der Waals surface area (Å²) >= 11 is 0. The molecule has 0 saturated carbocycles. The molecule has 6 heteroatoms. The first-order valence-electron chi connectivity index (χ1n) is 10.2. The first-order chi connectivity index (χ1) is 14.9. The Morgan fingerprint density at radius 3 is 2.52 bits per heavy atom.